The smallest absolute Gasteiger partial charge is 0.174 e. The zero-order valence-corrected chi connectivity index (χ0v) is 19.7. The molecule has 0 spiro atoms. The van der Waals surface area contributed by atoms with Crippen molar-refractivity contribution >= 4 is 23.3 Å². The lowest BCUT2D eigenvalue weighted by Crippen LogP contribution is -2.58. The van der Waals surface area contributed by atoms with Gasteiger partial charge in [0.05, 0.1) is 5.75 Å². The van der Waals surface area contributed by atoms with Gasteiger partial charge in [-0.05, 0) is 74.2 Å². The predicted octanol–water partition coefficient (Wildman–Crippen LogP) is 5.35. The molecule has 1 N–H and O–H groups in total. The summed E-state index contributed by atoms with van der Waals surface area (Å²) in [5.41, 5.74) is 0.0569. The standard InChI is InChI=1S/C25H38O3S/c1-22(2,3)29-15-21(27)25(28)13-10-20-18-7-6-16-14-17(26)8-11-23(16,4)19(18)9-12-24(20,25)5/h14,18-20,28H,6-13,15H2,1-5H3/t18?,19?,20?,23-,24-,25-/m0/s1. The highest BCUT2D eigenvalue weighted by molar-refractivity contribution is 8.01. The molecule has 0 bridgehead atoms. The Morgan fingerprint density at radius 2 is 1.79 bits per heavy atom. The van der Waals surface area contributed by atoms with Crippen molar-refractivity contribution in [2.75, 3.05) is 5.75 Å². The molecule has 3 fully saturated rings. The van der Waals surface area contributed by atoms with Crippen LogP contribution in [0.4, 0.5) is 0 Å². The molecule has 162 valence electrons. The molecular formula is C25H38O3S. The van der Waals surface area contributed by atoms with Crippen molar-refractivity contribution < 1.29 is 14.7 Å². The lowest BCUT2D eigenvalue weighted by atomic mass is 9.46. The van der Waals surface area contributed by atoms with Crippen molar-refractivity contribution in [3.8, 4) is 0 Å². The molecule has 3 nitrogen and oxygen atoms in total. The minimum absolute atomic E-state index is 0.0295. The fourth-order valence-electron chi connectivity index (χ4n) is 7.43. The number of allylic oxidation sites excluding steroid dienone is 1. The van der Waals surface area contributed by atoms with E-state index >= 15 is 0 Å². The Morgan fingerprint density at radius 1 is 1.10 bits per heavy atom. The Balaban J connectivity index is 1.58. The molecule has 0 aromatic carbocycles. The van der Waals surface area contributed by atoms with Gasteiger partial charge >= 0.3 is 0 Å². The molecule has 6 atom stereocenters. The van der Waals surface area contributed by atoms with Crippen LogP contribution in [0, 0.1) is 28.6 Å². The lowest BCUT2D eigenvalue weighted by Gasteiger charge is -2.58. The number of carbonyl (C=O) groups is 2. The van der Waals surface area contributed by atoms with Crippen molar-refractivity contribution in [2.45, 2.75) is 96.3 Å². The second-order valence-corrected chi connectivity index (χ2v) is 13.5. The molecule has 4 heteroatoms. The van der Waals surface area contributed by atoms with E-state index in [2.05, 4.69) is 34.6 Å². The highest BCUT2D eigenvalue weighted by atomic mass is 32.2. The van der Waals surface area contributed by atoms with Gasteiger partial charge in [-0.2, -0.15) is 0 Å². The Bertz CT molecular complexity index is 750. The average molecular weight is 419 g/mol. The van der Waals surface area contributed by atoms with Crippen molar-refractivity contribution in [2.24, 2.45) is 28.6 Å². The minimum Gasteiger partial charge on any atom is -0.381 e. The Morgan fingerprint density at radius 3 is 2.48 bits per heavy atom. The maximum atomic E-state index is 13.2. The van der Waals surface area contributed by atoms with Crippen LogP contribution in [0.3, 0.4) is 0 Å². The third-order valence-corrected chi connectivity index (χ3v) is 10.5. The summed E-state index contributed by atoms with van der Waals surface area (Å²) in [7, 11) is 0. The van der Waals surface area contributed by atoms with Crippen LogP contribution in [0.15, 0.2) is 11.6 Å². The van der Waals surface area contributed by atoms with Gasteiger partial charge in [0.2, 0.25) is 0 Å². The van der Waals surface area contributed by atoms with Crippen LogP contribution in [0.5, 0.6) is 0 Å². The van der Waals surface area contributed by atoms with Crippen LogP contribution in [-0.2, 0) is 9.59 Å². The van der Waals surface area contributed by atoms with Crippen molar-refractivity contribution in [3.63, 3.8) is 0 Å². The summed E-state index contributed by atoms with van der Waals surface area (Å²) in [6.07, 6.45) is 9.33. The van der Waals surface area contributed by atoms with E-state index in [0.29, 0.717) is 42.1 Å². The molecule has 0 amide bonds. The van der Waals surface area contributed by atoms with E-state index in [0.717, 1.165) is 38.5 Å². The van der Waals surface area contributed by atoms with E-state index in [9.17, 15) is 14.7 Å². The van der Waals surface area contributed by atoms with Gasteiger partial charge in [0.25, 0.3) is 0 Å². The largest absolute Gasteiger partial charge is 0.381 e. The first-order valence-corrected chi connectivity index (χ1v) is 12.5. The monoisotopic (exact) mass is 418 g/mol. The number of aliphatic hydroxyl groups is 1. The first-order chi connectivity index (χ1) is 13.4. The molecule has 0 aromatic rings. The molecule has 4 aliphatic rings. The Labute approximate surface area is 180 Å². The fraction of sp³-hybridized carbons (Fsp3) is 0.840. The van der Waals surface area contributed by atoms with Crippen LogP contribution in [0.2, 0.25) is 0 Å². The molecule has 0 aromatic heterocycles. The minimum atomic E-state index is -1.17. The molecule has 3 unspecified atom stereocenters. The predicted molar refractivity (Wildman–Crippen MR) is 119 cm³/mol. The van der Waals surface area contributed by atoms with E-state index in [4.69, 9.17) is 0 Å². The molecular weight excluding hydrogens is 380 g/mol. The number of hydrogen-bond acceptors (Lipinski definition) is 4. The van der Waals surface area contributed by atoms with Crippen LogP contribution in [0.25, 0.3) is 0 Å². The highest BCUT2D eigenvalue weighted by Crippen LogP contribution is 2.67. The van der Waals surface area contributed by atoms with E-state index < -0.39 is 5.60 Å². The third-order valence-electron chi connectivity index (χ3n) is 9.21. The fourth-order valence-corrected chi connectivity index (χ4v) is 8.24. The lowest BCUT2D eigenvalue weighted by molar-refractivity contribution is -0.159. The van der Waals surface area contributed by atoms with Gasteiger partial charge in [-0.1, -0.05) is 40.2 Å². The molecule has 0 heterocycles. The second-order valence-electron chi connectivity index (χ2n) is 11.6. The van der Waals surface area contributed by atoms with Gasteiger partial charge in [-0.15, -0.1) is 11.8 Å². The number of hydrogen-bond donors (Lipinski definition) is 1. The van der Waals surface area contributed by atoms with Gasteiger partial charge < -0.3 is 5.11 Å². The summed E-state index contributed by atoms with van der Waals surface area (Å²) in [6.45, 7) is 11.0. The Hall–Kier alpha value is -0.610. The molecule has 4 aliphatic carbocycles. The molecule has 0 saturated heterocycles. The maximum Gasteiger partial charge on any atom is 0.174 e. The van der Waals surface area contributed by atoms with Crippen molar-refractivity contribution in [3.05, 3.63) is 11.6 Å². The number of Topliss-reactive ketones (excluding diaryl/α,β-unsaturated/α-hetero) is 1. The van der Waals surface area contributed by atoms with Gasteiger partial charge in [-0.3, -0.25) is 9.59 Å². The highest BCUT2D eigenvalue weighted by Gasteiger charge is 2.66. The van der Waals surface area contributed by atoms with Gasteiger partial charge in [0.1, 0.15) is 5.60 Å². The second kappa shape index (κ2) is 6.95. The van der Waals surface area contributed by atoms with E-state index in [1.54, 1.807) is 11.8 Å². The first kappa shape index (κ1) is 21.6. The van der Waals surface area contributed by atoms with Crippen LogP contribution in [-0.4, -0.2) is 32.8 Å². The third kappa shape index (κ3) is 3.28. The zero-order chi connectivity index (χ0) is 21.2. The molecule has 4 rings (SSSR count). The van der Waals surface area contributed by atoms with Crippen LogP contribution in [0.1, 0.15) is 86.0 Å². The SMILES string of the molecule is CC(C)(C)SCC(=O)[C@@]1(O)CCC2C3CCC4=CC(=O)CC[C@]4(C)C3CC[C@@]21C. The average Bonchev–Trinajstić information content (AvgIpc) is 2.92. The van der Waals surface area contributed by atoms with Gasteiger partial charge in [-0.25, -0.2) is 0 Å². The maximum absolute atomic E-state index is 13.2. The zero-order valence-electron chi connectivity index (χ0n) is 18.8. The summed E-state index contributed by atoms with van der Waals surface area (Å²) in [5.74, 6) is 2.34. The van der Waals surface area contributed by atoms with E-state index in [1.807, 2.05) is 6.08 Å². The summed E-state index contributed by atoms with van der Waals surface area (Å²) >= 11 is 1.65. The topological polar surface area (TPSA) is 54.4 Å². The summed E-state index contributed by atoms with van der Waals surface area (Å²) in [6, 6.07) is 0. The van der Waals surface area contributed by atoms with Crippen LogP contribution >= 0.6 is 11.8 Å². The van der Waals surface area contributed by atoms with Gasteiger partial charge in [0.15, 0.2) is 11.6 Å². The molecule has 29 heavy (non-hydrogen) atoms. The number of ketones is 2. The van der Waals surface area contributed by atoms with Crippen molar-refractivity contribution in [1.29, 1.82) is 0 Å². The first-order valence-electron chi connectivity index (χ1n) is 11.5. The van der Waals surface area contributed by atoms with E-state index in [-0.39, 0.29) is 21.4 Å². The summed E-state index contributed by atoms with van der Waals surface area (Å²) in [5, 5.41) is 11.7. The van der Waals surface area contributed by atoms with Crippen molar-refractivity contribution in [1.82, 2.24) is 0 Å². The number of rotatable bonds is 3. The molecule has 3 saturated carbocycles. The summed E-state index contributed by atoms with van der Waals surface area (Å²) < 4.78 is 0.0295. The van der Waals surface area contributed by atoms with Crippen LogP contribution < -0.4 is 0 Å². The number of thioether (sulfide) groups is 1. The van der Waals surface area contributed by atoms with Gasteiger partial charge in [0, 0.05) is 16.6 Å². The normalized spacial score (nSPS) is 44.6. The Kier molecular flexibility index (Phi) is 5.18. The quantitative estimate of drug-likeness (QED) is 0.671. The van der Waals surface area contributed by atoms with E-state index in [1.165, 1.54) is 5.57 Å². The number of carbonyl (C=O) groups excluding carboxylic acids is 2. The molecule has 0 radical (unpaired) electrons. The summed E-state index contributed by atoms with van der Waals surface area (Å²) in [4.78, 5) is 25.2. The number of fused-ring (bicyclic) bond motifs is 5. The molecule has 0 aliphatic heterocycles.